The standard InChI is InChI=1S/C19H40O3Si/c1-14(11-15(2)13-20)12-16(3)18(21-8)17(4)22-23(9,10)19(5,6)7/h12,15-18,20H,11,13H2,1-10H3/b14-12+/t15-,16+,17+,18+/m1/s1. The molecule has 0 rings (SSSR count). The highest BCUT2D eigenvalue weighted by Gasteiger charge is 2.40. The second-order valence-corrected chi connectivity index (χ2v) is 13.4. The van der Waals surface area contributed by atoms with Gasteiger partial charge in [0.05, 0.1) is 12.2 Å². The van der Waals surface area contributed by atoms with E-state index in [4.69, 9.17) is 9.16 Å². The zero-order valence-corrected chi connectivity index (χ0v) is 18.1. The fourth-order valence-corrected chi connectivity index (χ4v) is 4.19. The third-order valence-corrected chi connectivity index (χ3v) is 9.64. The van der Waals surface area contributed by atoms with Gasteiger partial charge in [0.25, 0.3) is 0 Å². The Morgan fingerprint density at radius 2 is 1.70 bits per heavy atom. The SMILES string of the molecule is CO[C@H]([C@H](C)O[Si](C)(C)C(C)(C)C)[C@@H](C)/C=C(\C)C[C@@H](C)CO. The maximum Gasteiger partial charge on any atom is 0.192 e. The first-order chi connectivity index (χ1) is 10.4. The van der Waals surface area contributed by atoms with Crippen LogP contribution in [0.2, 0.25) is 18.1 Å². The van der Waals surface area contributed by atoms with Gasteiger partial charge in [-0.15, -0.1) is 0 Å². The molecule has 0 radical (unpaired) electrons. The lowest BCUT2D eigenvalue weighted by Gasteiger charge is -2.41. The van der Waals surface area contributed by atoms with Crippen LogP contribution in [0.15, 0.2) is 11.6 Å². The highest BCUT2D eigenvalue weighted by atomic mass is 28.4. The molecule has 0 amide bonds. The van der Waals surface area contributed by atoms with Gasteiger partial charge in [0.2, 0.25) is 0 Å². The van der Waals surface area contributed by atoms with Gasteiger partial charge in [0.1, 0.15) is 0 Å². The van der Waals surface area contributed by atoms with Crippen molar-refractivity contribution >= 4 is 8.32 Å². The van der Waals surface area contributed by atoms with Crippen molar-refractivity contribution in [1.82, 2.24) is 0 Å². The molecule has 0 fully saturated rings. The Bertz CT molecular complexity index is 371. The Morgan fingerprint density at radius 1 is 1.17 bits per heavy atom. The summed E-state index contributed by atoms with van der Waals surface area (Å²) in [6.07, 6.45) is 3.30. The summed E-state index contributed by atoms with van der Waals surface area (Å²) in [4.78, 5) is 0. The van der Waals surface area contributed by atoms with Crippen LogP contribution in [0.1, 0.15) is 54.9 Å². The molecule has 138 valence electrons. The second kappa shape index (κ2) is 9.35. The number of rotatable bonds is 9. The molecule has 0 saturated carbocycles. The molecule has 4 atom stereocenters. The van der Waals surface area contributed by atoms with Crippen LogP contribution in [0.4, 0.5) is 0 Å². The molecule has 0 unspecified atom stereocenters. The average Bonchev–Trinajstić information content (AvgIpc) is 2.36. The molecule has 0 spiro atoms. The minimum absolute atomic E-state index is 0.0449. The summed E-state index contributed by atoms with van der Waals surface area (Å²) in [6.45, 7) is 20.1. The number of allylic oxidation sites excluding steroid dienone is 1. The summed E-state index contributed by atoms with van der Waals surface area (Å²) in [5, 5.41) is 9.40. The largest absolute Gasteiger partial charge is 0.412 e. The predicted molar refractivity (Wildman–Crippen MR) is 102 cm³/mol. The van der Waals surface area contributed by atoms with E-state index < -0.39 is 8.32 Å². The second-order valence-electron chi connectivity index (χ2n) is 8.65. The van der Waals surface area contributed by atoms with Crippen molar-refractivity contribution in [1.29, 1.82) is 0 Å². The van der Waals surface area contributed by atoms with Crippen molar-refractivity contribution in [2.24, 2.45) is 11.8 Å². The zero-order chi connectivity index (χ0) is 18.4. The van der Waals surface area contributed by atoms with E-state index in [0.717, 1.165) is 6.42 Å². The molecule has 0 aromatic carbocycles. The Hall–Kier alpha value is -0.163. The summed E-state index contributed by atoms with van der Waals surface area (Å²) in [5.74, 6) is 0.589. The maximum absolute atomic E-state index is 9.20. The van der Waals surface area contributed by atoms with Gasteiger partial charge in [-0.3, -0.25) is 0 Å². The molecule has 3 nitrogen and oxygen atoms in total. The molecule has 0 aliphatic heterocycles. The van der Waals surface area contributed by atoms with E-state index in [1.54, 1.807) is 7.11 Å². The van der Waals surface area contributed by atoms with Crippen LogP contribution >= 0.6 is 0 Å². The third kappa shape index (κ3) is 7.51. The normalized spacial score (nSPS) is 19.3. The Morgan fingerprint density at radius 3 is 2.09 bits per heavy atom. The summed E-state index contributed by atoms with van der Waals surface area (Å²) in [5.41, 5.74) is 1.31. The van der Waals surface area contributed by atoms with Gasteiger partial charge < -0.3 is 14.3 Å². The van der Waals surface area contributed by atoms with Crippen molar-refractivity contribution in [3.8, 4) is 0 Å². The van der Waals surface area contributed by atoms with Gasteiger partial charge in [0.15, 0.2) is 8.32 Å². The Labute approximate surface area is 145 Å². The van der Waals surface area contributed by atoms with Crippen LogP contribution in [0.3, 0.4) is 0 Å². The van der Waals surface area contributed by atoms with E-state index in [0.29, 0.717) is 5.92 Å². The zero-order valence-electron chi connectivity index (χ0n) is 17.1. The predicted octanol–water partition coefficient (Wildman–Crippen LogP) is 5.01. The molecule has 0 bridgehead atoms. The number of aliphatic hydroxyl groups is 1. The van der Waals surface area contributed by atoms with E-state index >= 15 is 0 Å². The number of hydrogen-bond donors (Lipinski definition) is 1. The van der Waals surface area contributed by atoms with Crippen molar-refractivity contribution in [2.45, 2.75) is 85.2 Å². The van der Waals surface area contributed by atoms with E-state index in [9.17, 15) is 5.11 Å². The molecule has 23 heavy (non-hydrogen) atoms. The number of methoxy groups -OCH3 is 1. The average molecular weight is 345 g/mol. The molecule has 0 aliphatic carbocycles. The molecule has 0 aliphatic rings. The van der Waals surface area contributed by atoms with Crippen LogP contribution in [0, 0.1) is 11.8 Å². The summed E-state index contributed by atoms with van der Waals surface area (Å²) >= 11 is 0. The van der Waals surface area contributed by atoms with Gasteiger partial charge in [-0.25, -0.2) is 0 Å². The van der Waals surface area contributed by atoms with Gasteiger partial charge in [-0.05, 0) is 44.3 Å². The quantitative estimate of drug-likeness (QED) is 0.472. The fraction of sp³-hybridized carbons (Fsp3) is 0.895. The summed E-state index contributed by atoms with van der Waals surface area (Å²) in [6, 6.07) is 0. The molecular weight excluding hydrogens is 304 g/mol. The van der Waals surface area contributed by atoms with E-state index in [-0.39, 0.29) is 29.8 Å². The lowest BCUT2D eigenvalue weighted by Crippen LogP contribution is -2.47. The Kier molecular flexibility index (Phi) is 9.29. The van der Waals surface area contributed by atoms with Gasteiger partial charge in [0, 0.05) is 19.6 Å². The smallest absolute Gasteiger partial charge is 0.192 e. The molecule has 0 aromatic rings. The van der Waals surface area contributed by atoms with Crippen LogP contribution in [0.5, 0.6) is 0 Å². The third-order valence-electron chi connectivity index (χ3n) is 5.07. The first-order valence-corrected chi connectivity index (χ1v) is 11.7. The van der Waals surface area contributed by atoms with Crippen molar-refractivity contribution in [3.05, 3.63) is 11.6 Å². The molecule has 1 N–H and O–H groups in total. The lowest BCUT2D eigenvalue weighted by atomic mass is 9.94. The minimum Gasteiger partial charge on any atom is -0.412 e. The highest BCUT2D eigenvalue weighted by molar-refractivity contribution is 6.74. The van der Waals surface area contributed by atoms with Gasteiger partial charge in [-0.1, -0.05) is 46.3 Å². The number of hydrogen-bond acceptors (Lipinski definition) is 3. The highest BCUT2D eigenvalue weighted by Crippen LogP contribution is 2.38. The van der Waals surface area contributed by atoms with Crippen LogP contribution < -0.4 is 0 Å². The van der Waals surface area contributed by atoms with Crippen LogP contribution in [-0.4, -0.2) is 39.3 Å². The molecule has 0 aromatic heterocycles. The van der Waals surface area contributed by atoms with E-state index in [2.05, 4.69) is 67.6 Å². The maximum atomic E-state index is 9.20. The minimum atomic E-state index is -1.80. The van der Waals surface area contributed by atoms with E-state index in [1.807, 2.05) is 0 Å². The fourth-order valence-electron chi connectivity index (χ4n) is 2.77. The molecule has 0 saturated heterocycles. The number of aliphatic hydroxyl groups excluding tert-OH is 1. The number of ether oxygens (including phenoxy) is 1. The first-order valence-electron chi connectivity index (χ1n) is 8.84. The van der Waals surface area contributed by atoms with Gasteiger partial charge in [-0.2, -0.15) is 0 Å². The van der Waals surface area contributed by atoms with Crippen LogP contribution in [0.25, 0.3) is 0 Å². The summed E-state index contributed by atoms with van der Waals surface area (Å²) < 4.78 is 12.3. The molecule has 0 heterocycles. The van der Waals surface area contributed by atoms with Crippen LogP contribution in [-0.2, 0) is 9.16 Å². The van der Waals surface area contributed by atoms with Gasteiger partial charge >= 0.3 is 0 Å². The van der Waals surface area contributed by atoms with Crippen molar-refractivity contribution < 1.29 is 14.3 Å². The molecular formula is C19H40O3Si. The van der Waals surface area contributed by atoms with Crippen molar-refractivity contribution in [3.63, 3.8) is 0 Å². The van der Waals surface area contributed by atoms with Crippen molar-refractivity contribution in [2.75, 3.05) is 13.7 Å². The lowest BCUT2D eigenvalue weighted by molar-refractivity contribution is -0.0162. The monoisotopic (exact) mass is 344 g/mol. The Balaban J connectivity index is 4.96. The summed E-state index contributed by atoms with van der Waals surface area (Å²) in [7, 11) is -0.0285. The topological polar surface area (TPSA) is 38.7 Å². The first kappa shape index (κ1) is 22.8. The van der Waals surface area contributed by atoms with E-state index in [1.165, 1.54) is 5.57 Å². The molecule has 4 heteroatoms.